The Labute approximate surface area is 102 Å². The van der Waals surface area contributed by atoms with E-state index in [1.807, 2.05) is 11.8 Å². The van der Waals surface area contributed by atoms with Gasteiger partial charge < -0.3 is 4.98 Å². The maximum Gasteiger partial charge on any atom is 0.161 e. The summed E-state index contributed by atoms with van der Waals surface area (Å²) in [4.78, 5) is 7.49. The Morgan fingerprint density at radius 2 is 2.12 bits per heavy atom. The number of nitrogens with zero attached hydrogens (tertiary/aromatic N) is 1. The van der Waals surface area contributed by atoms with Gasteiger partial charge in [-0.15, -0.1) is 11.8 Å². The maximum absolute atomic E-state index is 13.1. The summed E-state index contributed by atoms with van der Waals surface area (Å²) in [7, 11) is 0. The van der Waals surface area contributed by atoms with Gasteiger partial charge in [-0.3, -0.25) is 0 Å². The molecule has 1 saturated heterocycles. The molecule has 1 N–H and O–H groups in total. The molecule has 1 aliphatic heterocycles. The van der Waals surface area contributed by atoms with Crippen LogP contribution in [0.3, 0.4) is 0 Å². The number of aromatic nitrogens is 2. The van der Waals surface area contributed by atoms with E-state index in [9.17, 15) is 8.78 Å². The third-order valence-corrected chi connectivity index (χ3v) is 4.77. The van der Waals surface area contributed by atoms with Gasteiger partial charge in [0.25, 0.3) is 0 Å². The summed E-state index contributed by atoms with van der Waals surface area (Å²) in [6.45, 7) is 2.12. The molecule has 90 valence electrons. The van der Waals surface area contributed by atoms with Gasteiger partial charge >= 0.3 is 0 Å². The first-order valence-corrected chi connectivity index (χ1v) is 6.56. The molecular formula is C12H12F2N2S. The van der Waals surface area contributed by atoms with Gasteiger partial charge in [0.1, 0.15) is 5.82 Å². The Balaban J connectivity index is 2.13. The molecule has 2 nitrogen and oxygen atoms in total. The lowest BCUT2D eigenvalue weighted by Crippen LogP contribution is -2.14. The van der Waals surface area contributed by atoms with E-state index >= 15 is 0 Å². The van der Waals surface area contributed by atoms with Crippen molar-refractivity contribution in [3.63, 3.8) is 0 Å². The van der Waals surface area contributed by atoms with Crippen LogP contribution in [0.2, 0.25) is 0 Å². The van der Waals surface area contributed by atoms with E-state index in [0.29, 0.717) is 11.0 Å². The van der Waals surface area contributed by atoms with Crippen molar-refractivity contribution >= 4 is 22.8 Å². The Morgan fingerprint density at radius 1 is 1.35 bits per heavy atom. The van der Waals surface area contributed by atoms with Crippen LogP contribution in [0.5, 0.6) is 0 Å². The molecule has 17 heavy (non-hydrogen) atoms. The number of fused-ring (bicyclic) bond motifs is 1. The van der Waals surface area contributed by atoms with E-state index in [0.717, 1.165) is 30.5 Å². The summed E-state index contributed by atoms with van der Waals surface area (Å²) in [6, 6.07) is 2.32. The molecular weight excluding hydrogens is 242 g/mol. The van der Waals surface area contributed by atoms with Crippen LogP contribution < -0.4 is 0 Å². The predicted molar refractivity (Wildman–Crippen MR) is 65.1 cm³/mol. The fraction of sp³-hybridized carbons (Fsp3) is 0.417. The van der Waals surface area contributed by atoms with Crippen molar-refractivity contribution in [1.82, 2.24) is 9.97 Å². The normalized spacial score (nSPS) is 24.6. The van der Waals surface area contributed by atoms with Crippen LogP contribution >= 0.6 is 11.8 Å². The number of nitrogens with one attached hydrogen (secondary N) is 1. The lowest BCUT2D eigenvalue weighted by molar-refractivity contribution is 0.510. The van der Waals surface area contributed by atoms with Crippen LogP contribution in [-0.4, -0.2) is 15.7 Å². The van der Waals surface area contributed by atoms with E-state index in [1.165, 1.54) is 6.07 Å². The topological polar surface area (TPSA) is 28.7 Å². The number of thioether (sulfide) groups is 1. The number of halogens is 2. The largest absolute Gasteiger partial charge is 0.341 e. The smallest absolute Gasteiger partial charge is 0.161 e. The molecule has 0 aliphatic carbocycles. The van der Waals surface area contributed by atoms with Crippen LogP contribution in [0.4, 0.5) is 8.78 Å². The molecule has 1 aliphatic rings. The Kier molecular flexibility index (Phi) is 2.40. The van der Waals surface area contributed by atoms with Crippen molar-refractivity contribution in [3.05, 3.63) is 29.6 Å². The molecule has 1 fully saturated rings. The van der Waals surface area contributed by atoms with Crippen LogP contribution in [-0.2, 0) is 4.75 Å². The van der Waals surface area contributed by atoms with E-state index in [2.05, 4.69) is 16.9 Å². The minimum absolute atomic E-state index is 0.0496. The van der Waals surface area contributed by atoms with Crippen molar-refractivity contribution < 1.29 is 8.78 Å². The highest BCUT2D eigenvalue weighted by Crippen LogP contribution is 2.45. The Hall–Kier alpha value is -1.10. The van der Waals surface area contributed by atoms with Crippen LogP contribution in [0.15, 0.2) is 12.1 Å². The van der Waals surface area contributed by atoms with Gasteiger partial charge in [-0.1, -0.05) is 0 Å². The number of aromatic amines is 1. The molecule has 0 spiro atoms. The van der Waals surface area contributed by atoms with Crippen LogP contribution in [0, 0.1) is 11.6 Å². The second-order valence-corrected chi connectivity index (χ2v) is 6.15. The number of benzene rings is 1. The van der Waals surface area contributed by atoms with Gasteiger partial charge in [-0.25, -0.2) is 13.8 Å². The standard InChI is InChI=1S/C12H12F2N2S/c1-12(3-2-4-17-12)11-15-9-5-7(13)8(14)6-10(9)16-11/h5-6H,2-4H2,1H3,(H,15,16). The highest BCUT2D eigenvalue weighted by molar-refractivity contribution is 8.00. The van der Waals surface area contributed by atoms with Crippen molar-refractivity contribution in [3.8, 4) is 0 Å². The fourth-order valence-corrected chi connectivity index (χ4v) is 3.48. The highest BCUT2D eigenvalue weighted by atomic mass is 32.2. The molecule has 1 aromatic carbocycles. The zero-order valence-electron chi connectivity index (χ0n) is 9.39. The first kappa shape index (κ1) is 11.0. The molecule has 5 heteroatoms. The highest BCUT2D eigenvalue weighted by Gasteiger charge is 2.34. The SMILES string of the molecule is CC1(c2nc3cc(F)c(F)cc3[nH]2)CCCS1. The van der Waals surface area contributed by atoms with E-state index in [-0.39, 0.29) is 4.75 Å². The molecule has 1 aromatic heterocycles. The molecule has 3 rings (SSSR count). The van der Waals surface area contributed by atoms with Gasteiger partial charge in [0.2, 0.25) is 0 Å². The monoisotopic (exact) mass is 254 g/mol. The zero-order chi connectivity index (χ0) is 12.0. The molecule has 0 radical (unpaired) electrons. The summed E-state index contributed by atoms with van der Waals surface area (Å²) in [5, 5.41) is 0. The number of imidazole rings is 1. The molecule has 0 amide bonds. The van der Waals surface area contributed by atoms with E-state index in [4.69, 9.17) is 0 Å². The van der Waals surface area contributed by atoms with Crippen LogP contribution in [0.1, 0.15) is 25.6 Å². The van der Waals surface area contributed by atoms with Gasteiger partial charge in [0, 0.05) is 12.1 Å². The molecule has 0 saturated carbocycles. The molecule has 0 bridgehead atoms. The minimum Gasteiger partial charge on any atom is -0.341 e. The summed E-state index contributed by atoms with van der Waals surface area (Å²) < 4.78 is 26.1. The van der Waals surface area contributed by atoms with Crippen LogP contribution in [0.25, 0.3) is 11.0 Å². The molecule has 1 unspecified atom stereocenters. The quantitative estimate of drug-likeness (QED) is 0.842. The second-order valence-electron chi connectivity index (χ2n) is 4.55. The average molecular weight is 254 g/mol. The summed E-state index contributed by atoms with van der Waals surface area (Å²) in [5.41, 5.74) is 1.06. The third kappa shape index (κ3) is 1.73. The Bertz CT molecular complexity index is 534. The van der Waals surface area contributed by atoms with E-state index < -0.39 is 11.6 Å². The fourth-order valence-electron chi connectivity index (χ4n) is 2.22. The van der Waals surface area contributed by atoms with Crippen molar-refractivity contribution in [1.29, 1.82) is 0 Å². The maximum atomic E-state index is 13.1. The third-order valence-electron chi connectivity index (χ3n) is 3.24. The second kappa shape index (κ2) is 3.70. The summed E-state index contributed by atoms with van der Waals surface area (Å²) in [5.74, 6) is 0.243. The number of hydrogen-bond acceptors (Lipinski definition) is 2. The summed E-state index contributed by atoms with van der Waals surface area (Å²) in [6.07, 6.45) is 2.20. The molecule has 2 aromatic rings. The summed E-state index contributed by atoms with van der Waals surface area (Å²) >= 11 is 1.84. The van der Waals surface area contributed by atoms with Crippen molar-refractivity contribution in [2.75, 3.05) is 5.75 Å². The predicted octanol–water partition coefficient (Wildman–Crippen LogP) is 3.58. The number of rotatable bonds is 1. The van der Waals surface area contributed by atoms with Gasteiger partial charge in [0.15, 0.2) is 11.6 Å². The minimum atomic E-state index is -0.847. The lowest BCUT2D eigenvalue weighted by Gasteiger charge is -2.18. The van der Waals surface area contributed by atoms with Gasteiger partial charge in [0.05, 0.1) is 15.8 Å². The number of hydrogen-bond donors (Lipinski definition) is 1. The zero-order valence-corrected chi connectivity index (χ0v) is 10.2. The average Bonchev–Trinajstić information content (AvgIpc) is 2.87. The Morgan fingerprint density at radius 3 is 2.82 bits per heavy atom. The van der Waals surface area contributed by atoms with Crippen molar-refractivity contribution in [2.24, 2.45) is 0 Å². The number of H-pyrrole nitrogens is 1. The first-order chi connectivity index (χ1) is 8.08. The molecule has 1 atom stereocenters. The molecule has 2 heterocycles. The first-order valence-electron chi connectivity index (χ1n) is 5.58. The van der Waals surface area contributed by atoms with Gasteiger partial charge in [-0.2, -0.15) is 0 Å². The van der Waals surface area contributed by atoms with Gasteiger partial charge in [-0.05, 0) is 25.5 Å². The lowest BCUT2D eigenvalue weighted by atomic mass is 10.1. The van der Waals surface area contributed by atoms with Crippen molar-refractivity contribution in [2.45, 2.75) is 24.5 Å². The van der Waals surface area contributed by atoms with E-state index in [1.54, 1.807) is 0 Å².